The first-order valence-corrected chi connectivity index (χ1v) is 6.28. The first-order valence-electron chi connectivity index (χ1n) is 5.48. The third-order valence-electron chi connectivity index (χ3n) is 2.51. The fourth-order valence-electron chi connectivity index (χ4n) is 1.60. The standard InChI is InChI=1S/C14H13BrFN/c15-13-10-12(6-7-14(13)16)17-9-8-11-4-2-1-3-5-11/h1-7,10,17H,8-9H2. The van der Waals surface area contributed by atoms with E-state index in [0.29, 0.717) is 4.47 Å². The third-order valence-corrected chi connectivity index (χ3v) is 3.11. The van der Waals surface area contributed by atoms with Crippen molar-refractivity contribution >= 4 is 21.6 Å². The number of hydrogen-bond acceptors (Lipinski definition) is 1. The molecule has 0 aromatic heterocycles. The molecule has 17 heavy (non-hydrogen) atoms. The Kier molecular flexibility index (Phi) is 4.15. The Morgan fingerprint density at radius 2 is 1.82 bits per heavy atom. The van der Waals surface area contributed by atoms with Crippen molar-refractivity contribution in [2.75, 3.05) is 11.9 Å². The highest BCUT2D eigenvalue weighted by molar-refractivity contribution is 9.10. The smallest absolute Gasteiger partial charge is 0.137 e. The van der Waals surface area contributed by atoms with Crippen LogP contribution >= 0.6 is 15.9 Å². The summed E-state index contributed by atoms with van der Waals surface area (Å²) in [4.78, 5) is 0. The highest BCUT2D eigenvalue weighted by Gasteiger charge is 1.99. The fraction of sp³-hybridized carbons (Fsp3) is 0.143. The second kappa shape index (κ2) is 5.82. The lowest BCUT2D eigenvalue weighted by atomic mass is 10.1. The zero-order valence-corrected chi connectivity index (χ0v) is 10.9. The molecule has 0 aliphatic rings. The fourth-order valence-corrected chi connectivity index (χ4v) is 1.98. The zero-order valence-electron chi connectivity index (χ0n) is 9.29. The van der Waals surface area contributed by atoms with E-state index in [9.17, 15) is 4.39 Å². The molecular weight excluding hydrogens is 281 g/mol. The summed E-state index contributed by atoms with van der Waals surface area (Å²) < 4.78 is 13.5. The van der Waals surface area contributed by atoms with Crippen LogP contribution in [0.5, 0.6) is 0 Å². The molecule has 0 heterocycles. The summed E-state index contributed by atoms with van der Waals surface area (Å²) in [7, 11) is 0. The number of halogens is 2. The lowest BCUT2D eigenvalue weighted by molar-refractivity contribution is 0.621. The van der Waals surface area contributed by atoms with E-state index in [4.69, 9.17) is 0 Å². The molecule has 0 fully saturated rings. The number of nitrogens with one attached hydrogen (secondary N) is 1. The molecule has 1 nitrogen and oxygen atoms in total. The summed E-state index contributed by atoms with van der Waals surface area (Å²) in [6, 6.07) is 15.2. The summed E-state index contributed by atoms with van der Waals surface area (Å²) in [5.74, 6) is -0.237. The second-order valence-corrected chi connectivity index (χ2v) is 4.65. The van der Waals surface area contributed by atoms with E-state index >= 15 is 0 Å². The Balaban J connectivity index is 1.88. The van der Waals surface area contributed by atoms with Gasteiger partial charge >= 0.3 is 0 Å². The molecule has 1 N–H and O–H groups in total. The Labute approximate surface area is 109 Å². The molecule has 3 heteroatoms. The van der Waals surface area contributed by atoms with Gasteiger partial charge in [-0.05, 0) is 46.1 Å². The molecule has 2 aromatic carbocycles. The van der Waals surface area contributed by atoms with Crippen LogP contribution in [-0.2, 0) is 6.42 Å². The molecule has 0 spiro atoms. The summed E-state index contributed by atoms with van der Waals surface area (Å²) in [5.41, 5.74) is 2.22. The Hall–Kier alpha value is -1.35. The Morgan fingerprint density at radius 1 is 1.06 bits per heavy atom. The molecular formula is C14H13BrFN. The monoisotopic (exact) mass is 293 g/mol. The SMILES string of the molecule is Fc1ccc(NCCc2ccccc2)cc1Br. The molecule has 0 radical (unpaired) electrons. The van der Waals surface area contributed by atoms with Crippen molar-refractivity contribution in [2.24, 2.45) is 0 Å². The average Bonchev–Trinajstić information content (AvgIpc) is 2.35. The van der Waals surface area contributed by atoms with Crippen LogP contribution in [0.2, 0.25) is 0 Å². The minimum atomic E-state index is -0.237. The first-order chi connectivity index (χ1) is 8.25. The van der Waals surface area contributed by atoms with Crippen LogP contribution in [0.1, 0.15) is 5.56 Å². The topological polar surface area (TPSA) is 12.0 Å². The molecule has 0 unspecified atom stereocenters. The van der Waals surface area contributed by atoms with Crippen molar-refractivity contribution in [1.82, 2.24) is 0 Å². The van der Waals surface area contributed by atoms with Gasteiger partial charge in [-0.3, -0.25) is 0 Å². The third kappa shape index (κ3) is 3.56. The van der Waals surface area contributed by atoms with Gasteiger partial charge in [-0.2, -0.15) is 0 Å². The maximum absolute atomic E-state index is 13.0. The van der Waals surface area contributed by atoms with Gasteiger partial charge in [0.25, 0.3) is 0 Å². The molecule has 0 atom stereocenters. The summed E-state index contributed by atoms with van der Waals surface area (Å²) in [5, 5.41) is 3.26. The normalized spacial score (nSPS) is 10.2. The average molecular weight is 294 g/mol. The van der Waals surface area contributed by atoms with Gasteiger partial charge in [0.1, 0.15) is 5.82 Å². The predicted molar refractivity (Wildman–Crippen MR) is 72.7 cm³/mol. The largest absolute Gasteiger partial charge is 0.385 e. The van der Waals surface area contributed by atoms with E-state index in [0.717, 1.165) is 18.7 Å². The zero-order chi connectivity index (χ0) is 12.1. The van der Waals surface area contributed by atoms with Gasteiger partial charge < -0.3 is 5.32 Å². The first kappa shape index (κ1) is 12.1. The van der Waals surface area contributed by atoms with E-state index in [1.807, 2.05) is 18.2 Å². The van der Waals surface area contributed by atoms with Crippen LogP contribution in [0.15, 0.2) is 53.0 Å². The highest BCUT2D eigenvalue weighted by Crippen LogP contribution is 2.19. The predicted octanol–water partition coefficient (Wildman–Crippen LogP) is 4.24. The molecule has 2 aromatic rings. The van der Waals surface area contributed by atoms with Gasteiger partial charge in [0.15, 0.2) is 0 Å². The van der Waals surface area contributed by atoms with Crippen LogP contribution in [0.25, 0.3) is 0 Å². The minimum absolute atomic E-state index is 0.237. The van der Waals surface area contributed by atoms with Crippen LogP contribution in [-0.4, -0.2) is 6.54 Å². The quantitative estimate of drug-likeness (QED) is 0.889. The van der Waals surface area contributed by atoms with E-state index < -0.39 is 0 Å². The van der Waals surface area contributed by atoms with Gasteiger partial charge in [0.05, 0.1) is 4.47 Å². The maximum Gasteiger partial charge on any atom is 0.137 e. The molecule has 0 bridgehead atoms. The van der Waals surface area contributed by atoms with Crippen molar-refractivity contribution in [3.05, 3.63) is 64.4 Å². The molecule has 0 saturated carbocycles. The van der Waals surface area contributed by atoms with Gasteiger partial charge in [0.2, 0.25) is 0 Å². The second-order valence-electron chi connectivity index (χ2n) is 3.79. The number of anilines is 1. The van der Waals surface area contributed by atoms with E-state index in [2.05, 4.69) is 33.4 Å². The van der Waals surface area contributed by atoms with Crippen molar-refractivity contribution in [1.29, 1.82) is 0 Å². The van der Waals surface area contributed by atoms with E-state index in [-0.39, 0.29) is 5.82 Å². The van der Waals surface area contributed by atoms with Crippen molar-refractivity contribution in [2.45, 2.75) is 6.42 Å². The lowest BCUT2D eigenvalue weighted by Crippen LogP contribution is -2.04. The maximum atomic E-state index is 13.0. The minimum Gasteiger partial charge on any atom is -0.385 e. The Morgan fingerprint density at radius 3 is 2.53 bits per heavy atom. The van der Waals surface area contributed by atoms with Crippen molar-refractivity contribution in [3.63, 3.8) is 0 Å². The molecule has 0 aliphatic carbocycles. The molecule has 0 amide bonds. The number of hydrogen-bond donors (Lipinski definition) is 1. The summed E-state index contributed by atoms with van der Waals surface area (Å²) >= 11 is 3.17. The molecule has 0 aliphatic heterocycles. The summed E-state index contributed by atoms with van der Waals surface area (Å²) in [6.45, 7) is 0.835. The molecule has 0 saturated heterocycles. The van der Waals surface area contributed by atoms with E-state index in [1.54, 1.807) is 12.1 Å². The van der Waals surface area contributed by atoms with Crippen LogP contribution in [0.4, 0.5) is 10.1 Å². The highest BCUT2D eigenvalue weighted by atomic mass is 79.9. The van der Waals surface area contributed by atoms with Crippen LogP contribution in [0, 0.1) is 5.82 Å². The van der Waals surface area contributed by atoms with Gasteiger partial charge in [-0.25, -0.2) is 4.39 Å². The summed E-state index contributed by atoms with van der Waals surface area (Å²) in [6.07, 6.45) is 0.954. The lowest BCUT2D eigenvalue weighted by Gasteiger charge is -2.07. The van der Waals surface area contributed by atoms with Gasteiger partial charge in [0, 0.05) is 12.2 Å². The number of rotatable bonds is 4. The van der Waals surface area contributed by atoms with Crippen molar-refractivity contribution in [3.8, 4) is 0 Å². The Bertz CT molecular complexity index is 485. The molecule has 2 rings (SSSR count). The number of benzene rings is 2. The van der Waals surface area contributed by atoms with Gasteiger partial charge in [-0.15, -0.1) is 0 Å². The van der Waals surface area contributed by atoms with Gasteiger partial charge in [-0.1, -0.05) is 30.3 Å². The van der Waals surface area contributed by atoms with Crippen LogP contribution in [0.3, 0.4) is 0 Å². The van der Waals surface area contributed by atoms with E-state index in [1.165, 1.54) is 11.6 Å². The van der Waals surface area contributed by atoms with Crippen molar-refractivity contribution < 1.29 is 4.39 Å². The van der Waals surface area contributed by atoms with Crippen LogP contribution < -0.4 is 5.32 Å². The molecule has 88 valence electrons.